The van der Waals surface area contributed by atoms with E-state index in [1.807, 2.05) is 21.9 Å². The van der Waals surface area contributed by atoms with E-state index in [-0.39, 0.29) is 24.2 Å². The Morgan fingerprint density at radius 3 is 2.57 bits per heavy atom. The SMILES string of the molecule is NCOC(=O)c1c(N2CCN(C(=O)C3CCCN3)CC2)c2ccccc2n(N)c1=O. The molecule has 2 aliphatic rings. The maximum Gasteiger partial charge on any atom is 0.347 e. The van der Waals surface area contributed by atoms with Crippen molar-refractivity contribution in [3.63, 3.8) is 0 Å². The van der Waals surface area contributed by atoms with Crippen molar-refractivity contribution in [2.75, 3.05) is 50.2 Å². The van der Waals surface area contributed by atoms with Gasteiger partial charge in [0.2, 0.25) is 5.91 Å². The lowest BCUT2D eigenvalue weighted by Gasteiger charge is -2.38. The molecular formula is C20H26N6O4. The third-order valence-electron chi connectivity index (χ3n) is 5.77. The Labute approximate surface area is 173 Å². The van der Waals surface area contributed by atoms with Crippen LogP contribution >= 0.6 is 0 Å². The fourth-order valence-electron chi connectivity index (χ4n) is 4.28. The summed E-state index contributed by atoms with van der Waals surface area (Å²) in [5.41, 5.74) is 5.56. The number of esters is 1. The van der Waals surface area contributed by atoms with E-state index in [1.165, 1.54) is 0 Å². The van der Waals surface area contributed by atoms with Crippen molar-refractivity contribution in [2.24, 2.45) is 5.73 Å². The number of amides is 1. The molecule has 1 unspecified atom stereocenters. The van der Waals surface area contributed by atoms with Gasteiger partial charge in [-0.25, -0.2) is 9.47 Å². The summed E-state index contributed by atoms with van der Waals surface area (Å²) in [5.74, 6) is 5.27. The molecule has 2 saturated heterocycles. The van der Waals surface area contributed by atoms with Crippen LogP contribution in [0.2, 0.25) is 0 Å². The molecule has 1 atom stereocenters. The van der Waals surface area contributed by atoms with E-state index in [1.54, 1.807) is 12.1 Å². The Morgan fingerprint density at radius 2 is 1.90 bits per heavy atom. The monoisotopic (exact) mass is 414 g/mol. The van der Waals surface area contributed by atoms with Crippen LogP contribution in [0.5, 0.6) is 0 Å². The molecule has 1 aromatic heterocycles. The lowest BCUT2D eigenvalue weighted by atomic mass is 10.1. The van der Waals surface area contributed by atoms with Crippen LogP contribution in [-0.4, -0.2) is 66.9 Å². The van der Waals surface area contributed by atoms with Crippen LogP contribution in [0, 0.1) is 0 Å². The summed E-state index contributed by atoms with van der Waals surface area (Å²) in [7, 11) is 0. The molecule has 160 valence electrons. The Balaban J connectivity index is 1.69. The molecule has 0 spiro atoms. The Hall–Kier alpha value is -3.11. The van der Waals surface area contributed by atoms with Gasteiger partial charge in [-0.2, -0.15) is 0 Å². The van der Waals surface area contributed by atoms with E-state index < -0.39 is 11.5 Å². The molecule has 10 nitrogen and oxygen atoms in total. The summed E-state index contributed by atoms with van der Waals surface area (Å²) < 4.78 is 5.90. The summed E-state index contributed by atoms with van der Waals surface area (Å²) in [4.78, 5) is 42.0. The maximum atomic E-state index is 12.9. The smallest absolute Gasteiger partial charge is 0.347 e. The molecule has 4 rings (SSSR count). The largest absolute Gasteiger partial charge is 0.446 e. The fraction of sp³-hybridized carbons (Fsp3) is 0.450. The molecule has 3 heterocycles. The van der Waals surface area contributed by atoms with Gasteiger partial charge in [-0.15, -0.1) is 0 Å². The number of rotatable bonds is 4. The highest BCUT2D eigenvalue weighted by molar-refractivity contribution is 6.05. The Morgan fingerprint density at radius 1 is 1.17 bits per heavy atom. The van der Waals surface area contributed by atoms with Crippen LogP contribution in [0.15, 0.2) is 29.1 Å². The number of carbonyl (C=O) groups excluding carboxylic acids is 2. The van der Waals surface area contributed by atoms with Crippen molar-refractivity contribution in [2.45, 2.75) is 18.9 Å². The number of fused-ring (bicyclic) bond motifs is 1. The number of piperazine rings is 1. The number of hydrogen-bond donors (Lipinski definition) is 3. The minimum Gasteiger partial charge on any atom is -0.446 e. The van der Waals surface area contributed by atoms with Crippen LogP contribution in [0.4, 0.5) is 5.69 Å². The van der Waals surface area contributed by atoms with E-state index in [9.17, 15) is 14.4 Å². The number of pyridine rings is 1. The Bertz CT molecular complexity index is 1020. The third kappa shape index (κ3) is 3.48. The topological polar surface area (TPSA) is 136 Å². The number of benzene rings is 1. The number of carbonyl (C=O) groups is 2. The van der Waals surface area contributed by atoms with Gasteiger partial charge < -0.3 is 25.7 Å². The zero-order valence-electron chi connectivity index (χ0n) is 16.7. The predicted molar refractivity (Wildman–Crippen MR) is 113 cm³/mol. The molecule has 2 aliphatic heterocycles. The average Bonchev–Trinajstić information content (AvgIpc) is 3.31. The zero-order chi connectivity index (χ0) is 21.3. The molecule has 2 fully saturated rings. The van der Waals surface area contributed by atoms with Crippen molar-refractivity contribution >= 4 is 28.5 Å². The first-order chi connectivity index (χ1) is 14.5. The number of hydrogen-bond acceptors (Lipinski definition) is 8. The van der Waals surface area contributed by atoms with E-state index in [0.29, 0.717) is 42.8 Å². The van der Waals surface area contributed by atoms with E-state index in [2.05, 4.69) is 5.32 Å². The maximum absolute atomic E-state index is 12.9. The standard InChI is InChI=1S/C20H26N6O4/c21-12-30-20(29)16-17(13-4-1-2-6-15(13)26(22)19(16)28)24-8-10-25(11-9-24)18(27)14-5-3-7-23-14/h1-2,4,6,14,23H,3,5,7-12,21-22H2. The van der Waals surface area contributed by atoms with Gasteiger partial charge in [0.05, 0.1) is 17.2 Å². The van der Waals surface area contributed by atoms with Crippen molar-refractivity contribution in [1.82, 2.24) is 14.9 Å². The first kappa shape index (κ1) is 20.2. The highest BCUT2D eigenvalue weighted by Crippen LogP contribution is 2.30. The molecule has 2 aromatic rings. The second kappa shape index (κ2) is 8.33. The second-order valence-electron chi connectivity index (χ2n) is 7.48. The molecule has 30 heavy (non-hydrogen) atoms. The number of anilines is 1. The van der Waals surface area contributed by atoms with Crippen molar-refractivity contribution in [3.8, 4) is 0 Å². The minimum atomic E-state index is -0.809. The highest BCUT2D eigenvalue weighted by Gasteiger charge is 2.32. The average molecular weight is 414 g/mol. The van der Waals surface area contributed by atoms with Crippen molar-refractivity contribution in [1.29, 1.82) is 0 Å². The molecule has 1 aromatic carbocycles. The van der Waals surface area contributed by atoms with Crippen LogP contribution in [0.3, 0.4) is 0 Å². The fourth-order valence-corrected chi connectivity index (χ4v) is 4.28. The number of aromatic nitrogens is 1. The van der Waals surface area contributed by atoms with Gasteiger partial charge >= 0.3 is 5.97 Å². The highest BCUT2D eigenvalue weighted by atomic mass is 16.5. The van der Waals surface area contributed by atoms with Gasteiger partial charge in [0.25, 0.3) is 5.56 Å². The molecule has 5 N–H and O–H groups in total. The lowest BCUT2D eigenvalue weighted by molar-refractivity contribution is -0.133. The summed E-state index contributed by atoms with van der Waals surface area (Å²) in [6, 6.07) is 7.02. The molecule has 0 bridgehead atoms. The van der Waals surface area contributed by atoms with E-state index >= 15 is 0 Å². The molecule has 10 heteroatoms. The molecule has 0 aliphatic carbocycles. The summed E-state index contributed by atoms with van der Waals surface area (Å²) in [5, 5.41) is 3.90. The van der Waals surface area contributed by atoms with Crippen molar-refractivity contribution in [3.05, 3.63) is 40.2 Å². The van der Waals surface area contributed by atoms with Crippen LogP contribution < -0.4 is 27.4 Å². The second-order valence-corrected chi connectivity index (χ2v) is 7.48. The van der Waals surface area contributed by atoms with Gasteiger partial charge in [-0.3, -0.25) is 15.3 Å². The van der Waals surface area contributed by atoms with Crippen molar-refractivity contribution < 1.29 is 14.3 Å². The van der Waals surface area contributed by atoms with Crippen LogP contribution in [0.1, 0.15) is 23.2 Å². The molecular weight excluding hydrogens is 388 g/mol. The third-order valence-corrected chi connectivity index (χ3v) is 5.77. The minimum absolute atomic E-state index is 0.108. The number of nitrogen functional groups attached to an aromatic ring is 1. The van der Waals surface area contributed by atoms with Gasteiger partial charge in [0, 0.05) is 31.6 Å². The summed E-state index contributed by atoms with van der Waals surface area (Å²) in [6.07, 6.45) is 1.86. The van der Waals surface area contributed by atoms with Crippen LogP contribution in [-0.2, 0) is 9.53 Å². The zero-order valence-corrected chi connectivity index (χ0v) is 16.7. The molecule has 0 saturated carbocycles. The normalized spacial score (nSPS) is 19.3. The quantitative estimate of drug-likeness (QED) is 0.336. The van der Waals surface area contributed by atoms with Gasteiger partial charge in [0.1, 0.15) is 6.73 Å². The number of para-hydroxylation sites is 1. The number of nitrogens with two attached hydrogens (primary N) is 2. The lowest BCUT2D eigenvalue weighted by Crippen LogP contribution is -2.53. The number of ether oxygens (including phenoxy) is 1. The van der Waals surface area contributed by atoms with Crippen LogP contribution in [0.25, 0.3) is 10.9 Å². The first-order valence-corrected chi connectivity index (χ1v) is 10.1. The number of nitrogens with zero attached hydrogens (tertiary/aromatic N) is 3. The molecule has 0 radical (unpaired) electrons. The van der Waals surface area contributed by atoms with Gasteiger partial charge in [0.15, 0.2) is 5.56 Å². The van der Waals surface area contributed by atoms with E-state index in [0.717, 1.165) is 24.1 Å². The summed E-state index contributed by atoms with van der Waals surface area (Å²) >= 11 is 0. The van der Waals surface area contributed by atoms with Gasteiger partial charge in [-0.1, -0.05) is 18.2 Å². The summed E-state index contributed by atoms with van der Waals surface area (Å²) in [6.45, 7) is 2.50. The first-order valence-electron chi connectivity index (χ1n) is 10.1. The molecule has 1 amide bonds. The predicted octanol–water partition coefficient (Wildman–Crippen LogP) is -0.811. The number of nitrogens with one attached hydrogen (secondary N) is 1. The Kier molecular flexibility index (Phi) is 5.60. The van der Waals surface area contributed by atoms with E-state index in [4.69, 9.17) is 16.3 Å². The van der Waals surface area contributed by atoms with Gasteiger partial charge in [-0.05, 0) is 25.5 Å².